The van der Waals surface area contributed by atoms with Crippen molar-refractivity contribution in [2.75, 3.05) is 0 Å². The first-order valence-corrected chi connectivity index (χ1v) is 12.4. The van der Waals surface area contributed by atoms with Crippen molar-refractivity contribution in [3.63, 3.8) is 0 Å². The van der Waals surface area contributed by atoms with Gasteiger partial charge in [-0.2, -0.15) is 0 Å². The van der Waals surface area contributed by atoms with E-state index in [1.807, 2.05) is 47.4 Å². The molecule has 1 amide bonds. The molecule has 0 N–H and O–H groups in total. The fraction of sp³-hybridized carbons (Fsp3) is 0.269. The van der Waals surface area contributed by atoms with Crippen LogP contribution in [0.4, 0.5) is 0 Å². The van der Waals surface area contributed by atoms with Crippen LogP contribution in [0.3, 0.4) is 0 Å². The van der Waals surface area contributed by atoms with Crippen LogP contribution in [0.5, 0.6) is 0 Å². The Kier molecular flexibility index (Phi) is 6.29. The number of carbonyl (C=O) groups is 1. The maximum Gasteiger partial charge on any atom is 0.261 e. The van der Waals surface area contributed by atoms with Gasteiger partial charge in [0.25, 0.3) is 5.56 Å². The summed E-state index contributed by atoms with van der Waals surface area (Å²) in [5.74, 6) is 0.145. The van der Waals surface area contributed by atoms with Crippen molar-refractivity contribution in [2.24, 2.45) is 0 Å². The van der Waals surface area contributed by atoms with E-state index < -0.39 is 0 Å². The summed E-state index contributed by atoms with van der Waals surface area (Å²) in [5, 5.41) is 1.34. The highest BCUT2D eigenvalue weighted by Crippen LogP contribution is 2.35. The molecular weight excluding hydrogens is 454 g/mol. The van der Waals surface area contributed by atoms with Gasteiger partial charge in [0.15, 0.2) is 0 Å². The molecule has 0 radical (unpaired) electrons. The largest absolute Gasteiger partial charge is 0.335 e. The molecule has 0 saturated heterocycles. The Morgan fingerprint density at radius 3 is 2.70 bits per heavy atom. The number of hydrogen-bond donors (Lipinski definition) is 0. The second kappa shape index (κ2) is 9.49. The molecule has 1 fully saturated rings. The van der Waals surface area contributed by atoms with Crippen LogP contribution in [0.2, 0.25) is 5.02 Å². The molecule has 7 heteroatoms. The Hall–Kier alpha value is -2.96. The van der Waals surface area contributed by atoms with Gasteiger partial charge >= 0.3 is 0 Å². The number of aromatic nitrogens is 2. The van der Waals surface area contributed by atoms with Gasteiger partial charge in [-0.05, 0) is 49.6 Å². The molecule has 33 heavy (non-hydrogen) atoms. The van der Waals surface area contributed by atoms with Crippen LogP contribution in [0, 0.1) is 0 Å². The van der Waals surface area contributed by atoms with Crippen molar-refractivity contribution >= 4 is 39.7 Å². The van der Waals surface area contributed by atoms with E-state index in [0.29, 0.717) is 42.9 Å². The first-order valence-electron chi connectivity index (χ1n) is 11.2. The first-order chi connectivity index (χ1) is 16.1. The van der Waals surface area contributed by atoms with Gasteiger partial charge in [0.05, 0.1) is 23.8 Å². The van der Waals surface area contributed by atoms with E-state index in [-0.39, 0.29) is 11.5 Å². The van der Waals surface area contributed by atoms with Crippen molar-refractivity contribution < 1.29 is 4.79 Å². The molecule has 0 spiro atoms. The molecule has 0 atom stereocenters. The molecule has 1 aliphatic rings. The van der Waals surface area contributed by atoms with Gasteiger partial charge in [0.2, 0.25) is 5.91 Å². The number of fused-ring (bicyclic) bond motifs is 1. The minimum atomic E-state index is -0.0576. The zero-order valence-electron chi connectivity index (χ0n) is 18.1. The van der Waals surface area contributed by atoms with Gasteiger partial charge in [-0.15, -0.1) is 11.3 Å². The van der Waals surface area contributed by atoms with Crippen molar-refractivity contribution in [1.29, 1.82) is 0 Å². The van der Waals surface area contributed by atoms with Gasteiger partial charge in [-0.25, -0.2) is 4.98 Å². The predicted octanol–water partition coefficient (Wildman–Crippen LogP) is 5.75. The third kappa shape index (κ3) is 4.87. The Labute approximate surface area is 201 Å². The van der Waals surface area contributed by atoms with Gasteiger partial charge < -0.3 is 4.90 Å². The van der Waals surface area contributed by atoms with E-state index in [0.717, 1.165) is 33.2 Å². The summed E-state index contributed by atoms with van der Waals surface area (Å²) < 4.78 is 1.60. The normalized spacial score (nSPS) is 13.4. The lowest BCUT2D eigenvalue weighted by molar-refractivity contribution is -0.132. The maximum absolute atomic E-state index is 13.1. The second-order valence-electron chi connectivity index (χ2n) is 8.36. The number of para-hydroxylation sites is 1. The number of thiophene rings is 1. The molecule has 4 aromatic rings. The van der Waals surface area contributed by atoms with Crippen LogP contribution in [0.25, 0.3) is 21.3 Å². The third-order valence-corrected chi connectivity index (χ3v) is 7.39. The molecule has 168 valence electrons. The van der Waals surface area contributed by atoms with Gasteiger partial charge in [-0.3, -0.25) is 14.2 Å². The highest BCUT2D eigenvalue weighted by Gasteiger charge is 2.32. The van der Waals surface area contributed by atoms with Crippen LogP contribution in [-0.2, 0) is 17.9 Å². The van der Waals surface area contributed by atoms with E-state index in [9.17, 15) is 9.59 Å². The van der Waals surface area contributed by atoms with Crippen LogP contribution in [-0.4, -0.2) is 26.4 Å². The van der Waals surface area contributed by atoms with Crippen LogP contribution < -0.4 is 5.56 Å². The quantitative estimate of drug-likeness (QED) is 0.324. The fourth-order valence-corrected chi connectivity index (χ4v) is 5.39. The molecule has 1 aliphatic carbocycles. The summed E-state index contributed by atoms with van der Waals surface area (Å²) in [6.45, 7) is 1.10. The van der Waals surface area contributed by atoms with E-state index in [2.05, 4.69) is 17.1 Å². The summed E-state index contributed by atoms with van der Waals surface area (Å²) in [4.78, 5) is 34.3. The topological polar surface area (TPSA) is 55.2 Å². The molecule has 1 saturated carbocycles. The van der Waals surface area contributed by atoms with E-state index >= 15 is 0 Å². The monoisotopic (exact) mass is 477 g/mol. The van der Waals surface area contributed by atoms with E-state index in [1.54, 1.807) is 28.3 Å². The number of carbonyl (C=O) groups excluding carboxylic acids is 1. The Morgan fingerprint density at radius 1 is 1.09 bits per heavy atom. The summed E-state index contributed by atoms with van der Waals surface area (Å²) in [5.41, 5.74) is 1.66. The lowest BCUT2D eigenvalue weighted by Gasteiger charge is -2.22. The maximum atomic E-state index is 13.1. The highest BCUT2D eigenvalue weighted by molar-refractivity contribution is 7.15. The molecule has 0 unspecified atom stereocenters. The van der Waals surface area contributed by atoms with Crippen LogP contribution >= 0.6 is 22.9 Å². The Morgan fingerprint density at radius 2 is 1.88 bits per heavy atom. The van der Waals surface area contributed by atoms with Crippen molar-refractivity contribution in [2.45, 2.75) is 44.8 Å². The average molecular weight is 478 g/mol. The summed E-state index contributed by atoms with van der Waals surface area (Å²) in [6, 6.07) is 19.7. The smallest absolute Gasteiger partial charge is 0.261 e. The Bertz CT molecular complexity index is 1360. The highest BCUT2D eigenvalue weighted by atomic mass is 35.5. The zero-order chi connectivity index (χ0) is 22.8. The first kappa shape index (κ1) is 21.9. The molecule has 2 aromatic carbocycles. The van der Waals surface area contributed by atoms with Crippen molar-refractivity contribution in [3.8, 4) is 10.4 Å². The molecule has 0 bridgehead atoms. The molecular formula is C26H24ClN3O2S. The third-order valence-electron chi connectivity index (χ3n) is 5.96. The molecule has 5 nitrogen and oxygen atoms in total. The zero-order valence-corrected chi connectivity index (χ0v) is 19.7. The van der Waals surface area contributed by atoms with Gasteiger partial charge in [0.1, 0.15) is 0 Å². The number of hydrogen-bond acceptors (Lipinski definition) is 4. The van der Waals surface area contributed by atoms with Crippen LogP contribution in [0.15, 0.2) is 71.8 Å². The van der Waals surface area contributed by atoms with Gasteiger partial charge in [0, 0.05) is 39.3 Å². The predicted molar refractivity (Wildman–Crippen MR) is 134 cm³/mol. The number of nitrogens with zero attached hydrogens (tertiary/aromatic N) is 3. The number of aryl methyl sites for hydroxylation is 1. The Balaban J connectivity index is 1.23. The summed E-state index contributed by atoms with van der Waals surface area (Å²) in [7, 11) is 0. The van der Waals surface area contributed by atoms with Crippen molar-refractivity contribution in [3.05, 3.63) is 87.2 Å². The lowest BCUT2D eigenvalue weighted by Crippen LogP contribution is -2.32. The van der Waals surface area contributed by atoms with E-state index in [4.69, 9.17) is 11.6 Å². The van der Waals surface area contributed by atoms with Gasteiger partial charge in [-0.1, -0.05) is 41.9 Å². The number of halogens is 1. The number of rotatable bonds is 8. The van der Waals surface area contributed by atoms with Crippen molar-refractivity contribution in [1.82, 2.24) is 14.5 Å². The van der Waals surface area contributed by atoms with Crippen LogP contribution in [0.1, 0.15) is 30.6 Å². The SMILES string of the molecule is O=C(CCCn1cnc2ccccc2c1=O)N(Cc1ccc(-c2ccccc2Cl)s1)C1CC1. The minimum Gasteiger partial charge on any atom is -0.335 e. The molecule has 0 aliphatic heterocycles. The van der Waals surface area contributed by atoms with E-state index in [1.165, 1.54) is 0 Å². The standard InChI is InChI=1S/C26H24ClN3O2S/c27-22-8-3-1-6-20(22)24-14-13-19(33-24)16-30(18-11-12-18)25(31)10-5-15-29-17-28-23-9-4-2-7-21(23)26(29)32/h1-4,6-9,13-14,17-18H,5,10-12,15-16H2. The fourth-order valence-electron chi connectivity index (χ4n) is 4.05. The lowest BCUT2D eigenvalue weighted by atomic mass is 10.2. The second-order valence-corrected chi connectivity index (χ2v) is 9.94. The summed E-state index contributed by atoms with van der Waals surface area (Å²) in [6.07, 6.45) is 4.72. The number of benzene rings is 2. The molecule has 2 heterocycles. The molecule has 5 rings (SSSR count). The minimum absolute atomic E-state index is 0.0576. The average Bonchev–Trinajstić information content (AvgIpc) is 3.57. The summed E-state index contributed by atoms with van der Waals surface area (Å²) >= 11 is 8.03. The molecule has 2 aromatic heterocycles. The number of amides is 1.